The second-order valence-electron chi connectivity index (χ2n) is 7.13. The summed E-state index contributed by atoms with van der Waals surface area (Å²) < 4.78 is 5.36. The van der Waals surface area contributed by atoms with E-state index in [1.54, 1.807) is 31.3 Å². The fraction of sp³-hybridized carbons (Fsp3) is 0.333. The van der Waals surface area contributed by atoms with Crippen LogP contribution in [0.3, 0.4) is 0 Å². The average molecular weight is 413 g/mol. The lowest BCUT2D eigenvalue weighted by Crippen LogP contribution is -2.24. The Morgan fingerprint density at radius 2 is 1.97 bits per heavy atom. The Kier molecular flexibility index (Phi) is 6.12. The van der Waals surface area contributed by atoms with Crippen LogP contribution >= 0.6 is 11.3 Å². The minimum Gasteiger partial charge on any atom is -0.450 e. The maximum absolute atomic E-state index is 12.6. The zero-order valence-corrected chi connectivity index (χ0v) is 17.6. The van der Waals surface area contributed by atoms with Crippen molar-refractivity contribution in [2.24, 2.45) is 0 Å². The van der Waals surface area contributed by atoms with E-state index in [0.29, 0.717) is 22.9 Å². The van der Waals surface area contributed by atoms with Crippen LogP contribution in [-0.4, -0.2) is 33.7 Å². The standard InChI is InChI=1S/C21H23N3O4S/c1-11(2)14-7-17-16(23-9-14)8-18(24-17)21(27)28-12(3)20(26)19-6-5-15(29-19)10-22-13(4)25/h5-9,11-12,24H,10H2,1-4H3,(H,22,25). The minimum absolute atomic E-state index is 0.137. The number of nitrogens with one attached hydrogen (secondary N) is 2. The Bertz CT molecular complexity index is 1070. The minimum atomic E-state index is -0.930. The molecule has 0 radical (unpaired) electrons. The molecule has 152 valence electrons. The molecule has 0 aliphatic rings. The van der Waals surface area contributed by atoms with Crippen LogP contribution in [-0.2, 0) is 16.1 Å². The van der Waals surface area contributed by atoms with Crippen molar-refractivity contribution in [1.82, 2.24) is 15.3 Å². The first-order chi connectivity index (χ1) is 13.7. The Hall–Kier alpha value is -3.00. The van der Waals surface area contributed by atoms with E-state index < -0.39 is 12.1 Å². The highest BCUT2D eigenvalue weighted by Crippen LogP contribution is 2.22. The Labute approximate surface area is 172 Å². The molecule has 3 aromatic rings. The van der Waals surface area contributed by atoms with Crippen LogP contribution in [0, 0.1) is 0 Å². The lowest BCUT2D eigenvalue weighted by atomic mass is 10.1. The Morgan fingerprint density at radius 1 is 1.21 bits per heavy atom. The summed E-state index contributed by atoms with van der Waals surface area (Å²) in [6.45, 7) is 7.48. The molecule has 7 nitrogen and oxygen atoms in total. The first-order valence-corrected chi connectivity index (χ1v) is 10.1. The van der Waals surface area contributed by atoms with Crippen LogP contribution in [0.25, 0.3) is 11.0 Å². The van der Waals surface area contributed by atoms with E-state index in [2.05, 4.69) is 29.1 Å². The Morgan fingerprint density at radius 3 is 2.66 bits per heavy atom. The van der Waals surface area contributed by atoms with E-state index in [4.69, 9.17) is 4.74 Å². The quantitative estimate of drug-likeness (QED) is 0.453. The molecular formula is C21H23N3O4S. The number of carbonyl (C=O) groups is 3. The predicted octanol–water partition coefficient (Wildman–Crippen LogP) is 3.81. The molecule has 0 aliphatic heterocycles. The first-order valence-electron chi connectivity index (χ1n) is 9.31. The molecule has 1 atom stereocenters. The fourth-order valence-corrected chi connectivity index (χ4v) is 3.71. The normalized spacial score (nSPS) is 12.2. The van der Waals surface area contributed by atoms with E-state index in [9.17, 15) is 14.4 Å². The number of Topliss-reactive ketones (excluding diaryl/α,β-unsaturated/α-hetero) is 1. The van der Waals surface area contributed by atoms with Gasteiger partial charge in [0.25, 0.3) is 0 Å². The molecule has 8 heteroatoms. The summed E-state index contributed by atoms with van der Waals surface area (Å²) in [4.78, 5) is 44.8. The third kappa shape index (κ3) is 4.89. The van der Waals surface area contributed by atoms with Crippen molar-refractivity contribution in [3.8, 4) is 0 Å². The number of nitrogens with zero attached hydrogens (tertiary/aromatic N) is 1. The topological polar surface area (TPSA) is 101 Å². The third-order valence-corrected chi connectivity index (χ3v) is 5.55. The van der Waals surface area contributed by atoms with Gasteiger partial charge in [-0.1, -0.05) is 13.8 Å². The van der Waals surface area contributed by atoms with Crippen LogP contribution < -0.4 is 5.32 Å². The summed E-state index contributed by atoms with van der Waals surface area (Å²) in [5, 5.41) is 2.69. The molecule has 0 fully saturated rings. The largest absolute Gasteiger partial charge is 0.450 e. The number of thiophene rings is 1. The Balaban J connectivity index is 1.67. The summed E-state index contributed by atoms with van der Waals surface area (Å²) in [6.07, 6.45) is 0.859. The smallest absolute Gasteiger partial charge is 0.355 e. The van der Waals surface area contributed by atoms with Crippen molar-refractivity contribution in [2.45, 2.75) is 46.3 Å². The number of fused-ring (bicyclic) bond motifs is 1. The number of pyridine rings is 1. The molecule has 0 aliphatic carbocycles. The van der Waals surface area contributed by atoms with Crippen LogP contribution in [0.2, 0.25) is 0 Å². The van der Waals surface area contributed by atoms with Gasteiger partial charge in [0.2, 0.25) is 11.7 Å². The molecule has 1 unspecified atom stereocenters. The van der Waals surface area contributed by atoms with Crippen molar-refractivity contribution in [3.05, 3.63) is 51.5 Å². The maximum Gasteiger partial charge on any atom is 0.355 e. The number of ketones is 1. The first kappa shape index (κ1) is 20.7. The molecule has 29 heavy (non-hydrogen) atoms. The number of hydrogen-bond acceptors (Lipinski definition) is 6. The van der Waals surface area contributed by atoms with E-state index >= 15 is 0 Å². The molecule has 0 spiro atoms. The third-order valence-electron chi connectivity index (χ3n) is 4.45. The van der Waals surface area contributed by atoms with Crippen molar-refractivity contribution < 1.29 is 19.1 Å². The lowest BCUT2D eigenvalue weighted by molar-refractivity contribution is -0.119. The summed E-state index contributed by atoms with van der Waals surface area (Å²) in [7, 11) is 0. The van der Waals surface area contributed by atoms with Crippen LogP contribution in [0.1, 0.15) is 64.2 Å². The number of esters is 1. The highest BCUT2D eigenvalue weighted by Gasteiger charge is 2.23. The number of aromatic nitrogens is 2. The van der Waals surface area contributed by atoms with Gasteiger partial charge >= 0.3 is 5.97 Å². The lowest BCUT2D eigenvalue weighted by Gasteiger charge is -2.10. The summed E-state index contributed by atoms with van der Waals surface area (Å²) in [5.74, 6) is -0.703. The second kappa shape index (κ2) is 8.57. The molecule has 3 heterocycles. The van der Waals surface area contributed by atoms with Crippen molar-refractivity contribution in [1.29, 1.82) is 0 Å². The fourth-order valence-electron chi connectivity index (χ4n) is 2.75. The van der Waals surface area contributed by atoms with Gasteiger partial charge in [-0.15, -0.1) is 11.3 Å². The summed E-state index contributed by atoms with van der Waals surface area (Å²) in [5.41, 5.74) is 2.74. The van der Waals surface area contributed by atoms with Gasteiger partial charge in [0.05, 0.1) is 22.5 Å². The number of hydrogen-bond donors (Lipinski definition) is 2. The van der Waals surface area contributed by atoms with Gasteiger partial charge in [-0.3, -0.25) is 14.6 Å². The van der Waals surface area contributed by atoms with Gasteiger partial charge in [-0.2, -0.15) is 0 Å². The predicted molar refractivity (Wildman–Crippen MR) is 111 cm³/mol. The van der Waals surface area contributed by atoms with E-state index in [1.807, 2.05) is 6.07 Å². The van der Waals surface area contributed by atoms with E-state index in [0.717, 1.165) is 16.0 Å². The summed E-state index contributed by atoms with van der Waals surface area (Å²) >= 11 is 1.27. The van der Waals surface area contributed by atoms with Gasteiger partial charge < -0.3 is 15.0 Å². The molecule has 3 aromatic heterocycles. The molecule has 0 aromatic carbocycles. The molecule has 0 saturated heterocycles. The van der Waals surface area contributed by atoms with E-state index in [-0.39, 0.29) is 17.4 Å². The number of carbonyl (C=O) groups excluding carboxylic acids is 3. The summed E-state index contributed by atoms with van der Waals surface area (Å²) in [6, 6.07) is 7.03. The van der Waals surface area contributed by atoms with Crippen molar-refractivity contribution >= 4 is 40.0 Å². The number of aromatic amines is 1. The molecule has 1 amide bonds. The van der Waals surface area contributed by atoms with Gasteiger partial charge in [-0.05, 0) is 42.7 Å². The number of amides is 1. The second-order valence-corrected chi connectivity index (χ2v) is 8.29. The van der Waals surface area contributed by atoms with Crippen LogP contribution in [0.4, 0.5) is 0 Å². The number of rotatable bonds is 7. The van der Waals surface area contributed by atoms with E-state index in [1.165, 1.54) is 18.3 Å². The monoisotopic (exact) mass is 413 g/mol. The van der Waals surface area contributed by atoms with Gasteiger partial charge in [0, 0.05) is 18.0 Å². The SMILES string of the molecule is CC(=O)NCc1ccc(C(=O)C(C)OC(=O)c2cc3ncc(C(C)C)cc3[nH]2)s1. The highest BCUT2D eigenvalue weighted by atomic mass is 32.1. The molecule has 2 N–H and O–H groups in total. The van der Waals surface area contributed by atoms with Crippen molar-refractivity contribution in [3.63, 3.8) is 0 Å². The number of H-pyrrole nitrogens is 1. The van der Waals surface area contributed by atoms with Crippen LogP contribution in [0.15, 0.2) is 30.5 Å². The average Bonchev–Trinajstić information content (AvgIpc) is 3.31. The van der Waals surface area contributed by atoms with Crippen LogP contribution in [0.5, 0.6) is 0 Å². The zero-order chi connectivity index (χ0) is 21.1. The van der Waals surface area contributed by atoms with Crippen molar-refractivity contribution in [2.75, 3.05) is 0 Å². The molecule has 0 bridgehead atoms. The zero-order valence-electron chi connectivity index (χ0n) is 16.7. The molecule has 3 rings (SSSR count). The molecule has 0 saturated carbocycles. The highest BCUT2D eigenvalue weighted by molar-refractivity contribution is 7.14. The molecular weight excluding hydrogens is 390 g/mol. The maximum atomic E-state index is 12.6. The van der Waals surface area contributed by atoms with Gasteiger partial charge in [-0.25, -0.2) is 4.79 Å². The van der Waals surface area contributed by atoms with Gasteiger partial charge in [0.15, 0.2) is 6.10 Å². The van der Waals surface area contributed by atoms with Gasteiger partial charge in [0.1, 0.15) is 5.69 Å². The number of ether oxygens (including phenoxy) is 1.